The minimum absolute atomic E-state index is 0.401. The zero-order valence-corrected chi connectivity index (χ0v) is 14.7. The summed E-state index contributed by atoms with van der Waals surface area (Å²) in [4.78, 5) is 0. The van der Waals surface area contributed by atoms with E-state index in [9.17, 15) is 0 Å². The Labute approximate surface area is 143 Å². The maximum absolute atomic E-state index is 8.97. The molecular weight excluding hydrogens is 302 g/mol. The van der Waals surface area contributed by atoms with Crippen LogP contribution in [0.4, 0.5) is 0 Å². The molecular formula is C20H23NO3. The van der Waals surface area contributed by atoms with Gasteiger partial charge in [0.05, 0.1) is 18.2 Å². The summed E-state index contributed by atoms with van der Waals surface area (Å²) in [5.74, 6) is 2.09. The van der Waals surface area contributed by atoms with Gasteiger partial charge in [-0.1, -0.05) is 6.07 Å². The second-order valence-electron chi connectivity index (χ2n) is 5.61. The van der Waals surface area contributed by atoms with E-state index >= 15 is 0 Å². The number of nitriles is 1. The maximum atomic E-state index is 8.97. The van der Waals surface area contributed by atoms with Crippen LogP contribution < -0.4 is 14.2 Å². The van der Waals surface area contributed by atoms with E-state index in [2.05, 4.69) is 32.9 Å². The molecule has 0 amide bonds. The van der Waals surface area contributed by atoms with Crippen LogP contribution in [0.3, 0.4) is 0 Å². The van der Waals surface area contributed by atoms with Crippen molar-refractivity contribution in [2.45, 2.75) is 27.7 Å². The molecule has 0 saturated heterocycles. The van der Waals surface area contributed by atoms with Crippen LogP contribution >= 0.6 is 0 Å². The van der Waals surface area contributed by atoms with Gasteiger partial charge >= 0.3 is 0 Å². The highest BCUT2D eigenvalue weighted by molar-refractivity contribution is 5.46. The van der Waals surface area contributed by atoms with Gasteiger partial charge in [0.1, 0.15) is 19.0 Å². The van der Waals surface area contributed by atoms with E-state index in [1.54, 1.807) is 18.2 Å². The van der Waals surface area contributed by atoms with E-state index in [1.165, 1.54) is 11.1 Å². The third-order valence-corrected chi connectivity index (χ3v) is 3.74. The molecule has 0 unspecified atom stereocenters. The highest BCUT2D eigenvalue weighted by Crippen LogP contribution is 2.28. The number of benzene rings is 2. The minimum atomic E-state index is 0.401. The first-order chi connectivity index (χ1) is 11.5. The van der Waals surface area contributed by atoms with Crippen LogP contribution in [-0.4, -0.2) is 19.8 Å². The van der Waals surface area contributed by atoms with Crippen molar-refractivity contribution in [1.29, 1.82) is 5.26 Å². The normalized spacial score (nSPS) is 10.1. The lowest BCUT2D eigenvalue weighted by Gasteiger charge is -2.14. The molecule has 0 aromatic heterocycles. The number of ether oxygens (including phenoxy) is 3. The molecule has 24 heavy (non-hydrogen) atoms. The van der Waals surface area contributed by atoms with Crippen LogP contribution in [0.2, 0.25) is 0 Å². The van der Waals surface area contributed by atoms with Gasteiger partial charge in [-0.25, -0.2) is 0 Å². The lowest BCUT2D eigenvalue weighted by Crippen LogP contribution is -2.11. The summed E-state index contributed by atoms with van der Waals surface area (Å²) >= 11 is 0. The van der Waals surface area contributed by atoms with E-state index < -0.39 is 0 Å². The van der Waals surface area contributed by atoms with E-state index in [0.29, 0.717) is 36.9 Å². The average Bonchev–Trinajstić information content (AvgIpc) is 2.57. The quantitative estimate of drug-likeness (QED) is 0.711. The first-order valence-corrected chi connectivity index (χ1v) is 8.05. The molecule has 0 aliphatic carbocycles. The Hall–Kier alpha value is -2.67. The fourth-order valence-electron chi connectivity index (χ4n) is 2.42. The van der Waals surface area contributed by atoms with Crippen molar-refractivity contribution < 1.29 is 14.2 Å². The van der Waals surface area contributed by atoms with Crippen LogP contribution in [0.15, 0.2) is 30.3 Å². The highest BCUT2D eigenvalue weighted by atomic mass is 16.5. The summed E-state index contributed by atoms with van der Waals surface area (Å²) in [5.41, 5.74) is 4.10. The molecule has 0 atom stereocenters. The van der Waals surface area contributed by atoms with Gasteiger partial charge in [-0.15, -0.1) is 0 Å². The van der Waals surface area contributed by atoms with E-state index in [4.69, 9.17) is 19.5 Å². The van der Waals surface area contributed by atoms with Crippen molar-refractivity contribution in [2.24, 2.45) is 0 Å². The molecule has 4 heteroatoms. The number of hydrogen-bond donors (Lipinski definition) is 0. The lowest BCUT2D eigenvalue weighted by molar-refractivity contribution is 0.207. The Balaban J connectivity index is 1.96. The maximum Gasteiger partial charge on any atom is 0.162 e. The molecule has 0 radical (unpaired) electrons. The molecule has 0 heterocycles. The number of hydrogen-bond acceptors (Lipinski definition) is 4. The molecule has 0 aliphatic rings. The van der Waals surface area contributed by atoms with Crippen LogP contribution in [0.25, 0.3) is 0 Å². The Morgan fingerprint density at radius 3 is 2.25 bits per heavy atom. The summed E-state index contributed by atoms with van der Waals surface area (Å²) in [7, 11) is 0. The first kappa shape index (κ1) is 17.7. The molecule has 2 aromatic carbocycles. The highest BCUT2D eigenvalue weighted by Gasteiger charge is 2.08. The third-order valence-electron chi connectivity index (χ3n) is 3.74. The molecule has 126 valence electrons. The minimum Gasteiger partial charge on any atom is -0.490 e. The Bertz CT molecular complexity index is 747. The Morgan fingerprint density at radius 1 is 0.875 bits per heavy atom. The van der Waals surface area contributed by atoms with Gasteiger partial charge in [0.25, 0.3) is 0 Å². The standard InChI is InChI=1S/C20H23NO3/c1-5-22-20-12-17(13-21)6-7-18(20)23-8-9-24-19-11-14(2)10-15(3)16(19)4/h6-7,10-12H,5,8-9H2,1-4H3. The molecule has 0 fully saturated rings. The smallest absolute Gasteiger partial charge is 0.162 e. The van der Waals surface area contributed by atoms with Crippen LogP contribution in [0.1, 0.15) is 29.2 Å². The van der Waals surface area contributed by atoms with Gasteiger partial charge in [0, 0.05) is 6.07 Å². The summed E-state index contributed by atoms with van der Waals surface area (Å²) in [6.07, 6.45) is 0. The van der Waals surface area contributed by atoms with Gasteiger partial charge in [-0.05, 0) is 62.6 Å². The molecule has 0 spiro atoms. The molecule has 0 bridgehead atoms. The van der Waals surface area contributed by atoms with E-state index in [-0.39, 0.29) is 0 Å². The molecule has 4 nitrogen and oxygen atoms in total. The molecule has 0 saturated carbocycles. The zero-order chi connectivity index (χ0) is 17.5. The largest absolute Gasteiger partial charge is 0.490 e. The second-order valence-corrected chi connectivity index (χ2v) is 5.61. The summed E-state index contributed by atoms with van der Waals surface area (Å²) in [6, 6.07) is 11.4. The fourth-order valence-corrected chi connectivity index (χ4v) is 2.42. The monoisotopic (exact) mass is 325 g/mol. The number of rotatable bonds is 7. The van der Waals surface area contributed by atoms with Crippen LogP contribution in [0.5, 0.6) is 17.2 Å². The van der Waals surface area contributed by atoms with E-state index in [1.807, 2.05) is 13.0 Å². The predicted molar refractivity (Wildman–Crippen MR) is 94.0 cm³/mol. The predicted octanol–water partition coefficient (Wildman–Crippen LogP) is 4.34. The molecule has 2 rings (SSSR count). The number of nitrogens with zero attached hydrogens (tertiary/aromatic N) is 1. The SMILES string of the molecule is CCOc1cc(C#N)ccc1OCCOc1cc(C)cc(C)c1C. The second kappa shape index (κ2) is 8.26. The fraction of sp³-hybridized carbons (Fsp3) is 0.350. The molecule has 2 aromatic rings. The van der Waals surface area contributed by atoms with Crippen LogP contribution in [-0.2, 0) is 0 Å². The van der Waals surface area contributed by atoms with Crippen molar-refractivity contribution in [3.63, 3.8) is 0 Å². The van der Waals surface area contributed by atoms with Crippen molar-refractivity contribution in [3.8, 4) is 23.3 Å². The van der Waals surface area contributed by atoms with Gasteiger partial charge in [-0.3, -0.25) is 0 Å². The van der Waals surface area contributed by atoms with Gasteiger partial charge in [-0.2, -0.15) is 5.26 Å². The van der Waals surface area contributed by atoms with Gasteiger partial charge < -0.3 is 14.2 Å². The third kappa shape index (κ3) is 4.42. The van der Waals surface area contributed by atoms with Crippen molar-refractivity contribution in [1.82, 2.24) is 0 Å². The zero-order valence-electron chi connectivity index (χ0n) is 14.7. The van der Waals surface area contributed by atoms with Gasteiger partial charge in [0.15, 0.2) is 11.5 Å². The molecule has 0 N–H and O–H groups in total. The lowest BCUT2D eigenvalue weighted by atomic mass is 10.1. The van der Waals surface area contributed by atoms with Crippen molar-refractivity contribution in [2.75, 3.05) is 19.8 Å². The van der Waals surface area contributed by atoms with Crippen LogP contribution in [0, 0.1) is 32.1 Å². The van der Waals surface area contributed by atoms with Crippen molar-refractivity contribution >= 4 is 0 Å². The van der Waals surface area contributed by atoms with Gasteiger partial charge in [0.2, 0.25) is 0 Å². The Kier molecular flexibility index (Phi) is 6.08. The average molecular weight is 325 g/mol. The topological polar surface area (TPSA) is 51.5 Å². The first-order valence-electron chi connectivity index (χ1n) is 8.05. The summed E-state index contributed by atoms with van der Waals surface area (Å²) < 4.78 is 17.1. The van der Waals surface area contributed by atoms with Crippen molar-refractivity contribution in [3.05, 3.63) is 52.6 Å². The van der Waals surface area contributed by atoms with E-state index in [0.717, 1.165) is 11.3 Å². The summed E-state index contributed by atoms with van der Waals surface area (Å²) in [5, 5.41) is 8.97. The molecule has 0 aliphatic heterocycles. The number of aryl methyl sites for hydroxylation is 2. The summed E-state index contributed by atoms with van der Waals surface area (Å²) in [6.45, 7) is 9.45. The Morgan fingerprint density at radius 2 is 1.58 bits per heavy atom.